The van der Waals surface area contributed by atoms with Crippen LogP contribution in [0.1, 0.15) is 23.2 Å². The van der Waals surface area contributed by atoms with E-state index >= 15 is 0 Å². The fourth-order valence-corrected chi connectivity index (χ4v) is 5.44. The summed E-state index contributed by atoms with van der Waals surface area (Å²) in [6.45, 7) is 2.03. The Bertz CT molecular complexity index is 1230. The van der Waals surface area contributed by atoms with Crippen molar-refractivity contribution in [2.45, 2.75) is 17.7 Å². The van der Waals surface area contributed by atoms with Gasteiger partial charge in [-0.15, -0.1) is 0 Å². The van der Waals surface area contributed by atoms with Crippen LogP contribution in [-0.2, 0) is 10.0 Å². The Kier molecular flexibility index (Phi) is 5.61. The van der Waals surface area contributed by atoms with Gasteiger partial charge in [0.25, 0.3) is 5.91 Å². The summed E-state index contributed by atoms with van der Waals surface area (Å²) in [6.07, 6.45) is 2.47. The van der Waals surface area contributed by atoms with Crippen LogP contribution in [0.4, 0.5) is 0 Å². The maximum absolute atomic E-state index is 13.1. The van der Waals surface area contributed by atoms with Crippen molar-refractivity contribution in [3.05, 3.63) is 72.3 Å². The molecule has 1 heterocycles. The number of hydrogen-bond donors (Lipinski definition) is 0. The molecule has 1 aliphatic carbocycles. The van der Waals surface area contributed by atoms with E-state index in [9.17, 15) is 13.2 Å². The van der Waals surface area contributed by atoms with Crippen LogP contribution >= 0.6 is 0 Å². The summed E-state index contributed by atoms with van der Waals surface area (Å²) in [5, 5.41) is 1.90. The van der Waals surface area contributed by atoms with Crippen molar-refractivity contribution in [2.24, 2.45) is 5.92 Å². The SMILES string of the molecule is O=C(c1ccc(OCC2CC2)cc1)N1CCN(S(=O)(=O)c2ccc3ccccc3c2)CC1. The third kappa shape index (κ3) is 4.36. The molecule has 0 bridgehead atoms. The zero-order chi connectivity index (χ0) is 22.1. The zero-order valence-electron chi connectivity index (χ0n) is 17.8. The van der Waals surface area contributed by atoms with Crippen LogP contribution < -0.4 is 4.74 Å². The molecule has 0 atom stereocenters. The number of nitrogens with zero attached hydrogens (tertiary/aromatic N) is 2. The monoisotopic (exact) mass is 450 g/mol. The van der Waals surface area contributed by atoms with Crippen molar-refractivity contribution in [3.63, 3.8) is 0 Å². The largest absolute Gasteiger partial charge is 0.493 e. The summed E-state index contributed by atoms with van der Waals surface area (Å²) >= 11 is 0. The van der Waals surface area contributed by atoms with Gasteiger partial charge in [-0.2, -0.15) is 4.31 Å². The van der Waals surface area contributed by atoms with Gasteiger partial charge in [0, 0.05) is 31.7 Å². The Morgan fingerprint density at radius 3 is 2.25 bits per heavy atom. The minimum absolute atomic E-state index is 0.0819. The average molecular weight is 451 g/mol. The van der Waals surface area contributed by atoms with E-state index in [1.54, 1.807) is 29.2 Å². The lowest BCUT2D eigenvalue weighted by molar-refractivity contribution is 0.0698. The van der Waals surface area contributed by atoms with E-state index in [-0.39, 0.29) is 23.9 Å². The highest BCUT2D eigenvalue weighted by Crippen LogP contribution is 2.29. The maximum atomic E-state index is 13.1. The second kappa shape index (κ2) is 8.56. The molecule has 166 valence electrons. The summed E-state index contributed by atoms with van der Waals surface area (Å²) in [5.41, 5.74) is 0.592. The number of carbonyl (C=O) groups is 1. The van der Waals surface area contributed by atoms with Crippen LogP contribution in [0.5, 0.6) is 5.75 Å². The predicted octanol–water partition coefficient (Wildman–Crippen LogP) is 3.78. The van der Waals surface area contributed by atoms with E-state index in [1.165, 1.54) is 17.1 Å². The van der Waals surface area contributed by atoms with Gasteiger partial charge in [-0.05, 0) is 65.9 Å². The number of carbonyl (C=O) groups excluding carboxylic acids is 1. The first-order valence-electron chi connectivity index (χ1n) is 11.0. The number of hydrogen-bond acceptors (Lipinski definition) is 4. The van der Waals surface area contributed by atoms with Gasteiger partial charge in [-0.1, -0.05) is 30.3 Å². The Hall–Kier alpha value is -2.90. The molecule has 1 saturated heterocycles. The highest BCUT2D eigenvalue weighted by molar-refractivity contribution is 7.89. The Labute approximate surface area is 188 Å². The Balaban J connectivity index is 1.22. The number of ether oxygens (including phenoxy) is 1. The lowest BCUT2D eigenvalue weighted by Gasteiger charge is -2.34. The number of benzene rings is 3. The van der Waals surface area contributed by atoms with Crippen LogP contribution in [-0.4, -0.2) is 56.3 Å². The minimum Gasteiger partial charge on any atom is -0.493 e. The first kappa shape index (κ1) is 21.0. The molecule has 0 radical (unpaired) electrons. The van der Waals surface area contributed by atoms with E-state index in [4.69, 9.17) is 4.74 Å². The van der Waals surface area contributed by atoms with Crippen LogP contribution in [0.25, 0.3) is 10.8 Å². The van der Waals surface area contributed by atoms with Gasteiger partial charge in [-0.3, -0.25) is 4.79 Å². The van der Waals surface area contributed by atoms with Crippen molar-refractivity contribution in [1.82, 2.24) is 9.21 Å². The van der Waals surface area contributed by atoms with Crippen LogP contribution in [0.15, 0.2) is 71.6 Å². The topological polar surface area (TPSA) is 66.9 Å². The number of piperazine rings is 1. The van der Waals surface area contributed by atoms with Gasteiger partial charge >= 0.3 is 0 Å². The highest BCUT2D eigenvalue weighted by Gasteiger charge is 2.30. The van der Waals surface area contributed by atoms with E-state index in [2.05, 4.69) is 0 Å². The molecule has 0 spiro atoms. The molecule has 1 saturated carbocycles. The molecule has 2 aliphatic rings. The van der Waals surface area contributed by atoms with Crippen molar-refractivity contribution < 1.29 is 17.9 Å². The number of amides is 1. The summed E-state index contributed by atoms with van der Waals surface area (Å²) in [6, 6.07) is 20.1. The van der Waals surface area contributed by atoms with Crippen molar-refractivity contribution in [3.8, 4) is 5.75 Å². The summed E-state index contributed by atoms with van der Waals surface area (Å²) in [7, 11) is -3.60. The standard InChI is InChI=1S/C25H26N2O4S/c28-25(21-7-10-23(11-8-21)31-18-19-5-6-19)26-13-15-27(16-14-26)32(29,30)24-12-9-20-3-1-2-4-22(20)17-24/h1-4,7-12,17,19H,5-6,13-16,18H2. The molecule has 3 aromatic rings. The van der Waals surface area contributed by atoms with E-state index in [0.717, 1.165) is 23.1 Å². The van der Waals surface area contributed by atoms with E-state index in [0.29, 0.717) is 24.6 Å². The number of fused-ring (bicyclic) bond motifs is 1. The lowest BCUT2D eigenvalue weighted by atomic mass is 10.1. The lowest BCUT2D eigenvalue weighted by Crippen LogP contribution is -2.50. The Morgan fingerprint density at radius 1 is 0.875 bits per heavy atom. The molecule has 0 aromatic heterocycles. The van der Waals surface area contributed by atoms with Crippen molar-refractivity contribution in [1.29, 1.82) is 0 Å². The van der Waals surface area contributed by atoms with Crippen molar-refractivity contribution in [2.75, 3.05) is 32.8 Å². The fourth-order valence-electron chi connectivity index (χ4n) is 3.98. The van der Waals surface area contributed by atoms with Crippen LogP contribution in [0.3, 0.4) is 0 Å². The molecule has 5 rings (SSSR count). The molecular weight excluding hydrogens is 424 g/mol. The summed E-state index contributed by atoms with van der Waals surface area (Å²) in [4.78, 5) is 14.9. The van der Waals surface area contributed by atoms with Crippen LogP contribution in [0.2, 0.25) is 0 Å². The van der Waals surface area contributed by atoms with Gasteiger partial charge in [0.1, 0.15) is 5.75 Å². The quantitative estimate of drug-likeness (QED) is 0.573. The van der Waals surface area contributed by atoms with E-state index in [1.807, 2.05) is 42.5 Å². The molecule has 7 heteroatoms. The second-order valence-electron chi connectivity index (χ2n) is 8.48. The predicted molar refractivity (Wildman–Crippen MR) is 123 cm³/mol. The molecule has 2 fully saturated rings. The summed E-state index contributed by atoms with van der Waals surface area (Å²) in [5.74, 6) is 1.37. The molecule has 1 aliphatic heterocycles. The first-order valence-corrected chi connectivity index (χ1v) is 12.5. The van der Waals surface area contributed by atoms with E-state index < -0.39 is 10.0 Å². The maximum Gasteiger partial charge on any atom is 0.253 e. The van der Waals surface area contributed by atoms with Gasteiger partial charge < -0.3 is 9.64 Å². The normalized spacial score (nSPS) is 17.4. The summed E-state index contributed by atoms with van der Waals surface area (Å²) < 4.78 is 33.5. The van der Waals surface area contributed by atoms with Gasteiger partial charge in [0.15, 0.2) is 0 Å². The molecule has 0 unspecified atom stereocenters. The van der Waals surface area contributed by atoms with Gasteiger partial charge in [0.2, 0.25) is 10.0 Å². The molecular formula is C25H26N2O4S. The van der Waals surface area contributed by atoms with Gasteiger partial charge in [-0.25, -0.2) is 8.42 Å². The van der Waals surface area contributed by atoms with Crippen LogP contribution in [0, 0.1) is 5.92 Å². The molecule has 32 heavy (non-hydrogen) atoms. The average Bonchev–Trinajstić information content (AvgIpc) is 3.67. The molecule has 0 N–H and O–H groups in total. The van der Waals surface area contributed by atoms with Crippen molar-refractivity contribution >= 4 is 26.7 Å². The minimum atomic E-state index is -3.60. The number of rotatable bonds is 6. The molecule has 6 nitrogen and oxygen atoms in total. The number of sulfonamides is 1. The highest BCUT2D eigenvalue weighted by atomic mass is 32.2. The molecule has 3 aromatic carbocycles. The Morgan fingerprint density at radius 2 is 1.56 bits per heavy atom. The smallest absolute Gasteiger partial charge is 0.253 e. The second-order valence-corrected chi connectivity index (χ2v) is 10.4. The van der Waals surface area contributed by atoms with Gasteiger partial charge in [0.05, 0.1) is 11.5 Å². The zero-order valence-corrected chi connectivity index (χ0v) is 18.6. The molecule has 1 amide bonds. The fraction of sp³-hybridized carbons (Fsp3) is 0.320. The first-order chi connectivity index (χ1) is 15.5. The third-order valence-electron chi connectivity index (χ3n) is 6.17. The third-order valence-corrected chi connectivity index (χ3v) is 8.06.